The first kappa shape index (κ1) is 18.1. The molecule has 26 heavy (non-hydrogen) atoms. The van der Waals surface area contributed by atoms with Gasteiger partial charge in [0.1, 0.15) is 5.75 Å². The Labute approximate surface area is 151 Å². The molecule has 138 valence electrons. The monoisotopic (exact) mass is 358 g/mol. The van der Waals surface area contributed by atoms with Crippen LogP contribution in [0.4, 0.5) is 10.2 Å². The molecule has 0 amide bonds. The predicted molar refractivity (Wildman–Crippen MR) is 99.7 cm³/mol. The van der Waals surface area contributed by atoms with E-state index < -0.39 is 5.82 Å². The van der Waals surface area contributed by atoms with Crippen LogP contribution in [0.5, 0.6) is 5.75 Å². The summed E-state index contributed by atoms with van der Waals surface area (Å²) in [5, 5.41) is 19.2. The third-order valence-electron chi connectivity index (χ3n) is 4.39. The van der Waals surface area contributed by atoms with E-state index >= 15 is 0 Å². The van der Waals surface area contributed by atoms with E-state index in [2.05, 4.69) is 20.4 Å². The summed E-state index contributed by atoms with van der Waals surface area (Å²) < 4.78 is 14.0. The maximum atomic E-state index is 14.0. The summed E-state index contributed by atoms with van der Waals surface area (Å²) in [6.07, 6.45) is 3.73. The van der Waals surface area contributed by atoms with Crippen LogP contribution < -0.4 is 11.1 Å². The van der Waals surface area contributed by atoms with Gasteiger partial charge in [-0.2, -0.15) is 5.10 Å². The fourth-order valence-corrected chi connectivity index (χ4v) is 2.72. The zero-order valence-corrected chi connectivity index (χ0v) is 14.9. The van der Waals surface area contributed by atoms with E-state index in [1.54, 1.807) is 6.07 Å². The second kappa shape index (κ2) is 7.65. The highest BCUT2D eigenvalue weighted by atomic mass is 19.1. The molecule has 7 nitrogen and oxygen atoms in total. The highest BCUT2D eigenvalue weighted by molar-refractivity contribution is 5.73. The highest BCUT2D eigenvalue weighted by Crippen LogP contribution is 2.31. The number of phenols is 1. The third-order valence-corrected chi connectivity index (χ3v) is 4.39. The number of nitrogens with one attached hydrogen (secondary N) is 1. The number of hydrogen-bond acceptors (Lipinski definition) is 7. The van der Waals surface area contributed by atoms with Crippen LogP contribution in [0.3, 0.4) is 0 Å². The molecule has 1 aromatic heterocycles. The van der Waals surface area contributed by atoms with Crippen molar-refractivity contribution in [3.05, 3.63) is 35.8 Å². The Kier molecular flexibility index (Phi) is 5.32. The standard InChI is InChI=1S/C18H23FN6O/c1-3-13(20)8-21-18-15(19)9-22-17(24-18)14-6-11(4-5-16(14)26)12-7-23-25(2)10-12/h4-7,9,12-13,26H,3,8,10,20H2,1-2H3,(H,21,22,24)/t12?,13-/m1/s1. The molecule has 1 aromatic carbocycles. The van der Waals surface area contributed by atoms with E-state index in [1.165, 1.54) is 0 Å². The van der Waals surface area contributed by atoms with Gasteiger partial charge in [0.25, 0.3) is 0 Å². The Balaban J connectivity index is 1.89. The van der Waals surface area contributed by atoms with E-state index in [9.17, 15) is 9.50 Å². The van der Waals surface area contributed by atoms with Gasteiger partial charge in [0.15, 0.2) is 17.5 Å². The number of nitrogens with zero attached hydrogens (tertiary/aromatic N) is 4. The number of hydrazone groups is 1. The molecule has 2 atom stereocenters. The number of halogens is 1. The van der Waals surface area contributed by atoms with Crippen LogP contribution in [0.15, 0.2) is 29.5 Å². The zero-order chi connectivity index (χ0) is 18.7. The Morgan fingerprint density at radius 3 is 2.96 bits per heavy atom. The van der Waals surface area contributed by atoms with Gasteiger partial charge in [0.05, 0.1) is 11.8 Å². The average Bonchev–Trinajstić information content (AvgIpc) is 3.07. The van der Waals surface area contributed by atoms with Crippen molar-refractivity contribution in [3.8, 4) is 17.1 Å². The molecule has 2 aromatic rings. The summed E-state index contributed by atoms with van der Waals surface area (Å²) in [6.45, 7) is 3.12. The van der Waals surface area contributed by atoms with Gasteiger partial charge in [-0.1, -0.05) is 13.0 Å². The van der Waals surface area contributed by atoms with Crippen molar-refractivity contribution in [2.45, 2.75) is 25.3 Å². The van der Waals surface area contributed by atoms with Crippen molar-refractivity contribution in [1.82, 2.24) is 15.0 Å². The minimum absolute atomic E-state index is 0.0415. The smallest absolute Gasteiger partial charge is 0.183 e. The fourth-order valence-electron chi connectivity index (χ4n) is 2.72. The van der Waals surface area contributed by atoms with Crippen molar-refractivity contribution in [1.29, 1.82) is 0 Å². The van der Waals surface area contributed by atoms with Crippen molar-refractivity contribution in [2.75, 3.05) is 25.5 Å². The van der Waals surface area contributed by atoms with Crippen molar-refractivity contribution >= 4 is 12.0 Å². The normalized spacial score (nSPS) is 17.5. The Hall–Kier alpha value is -2.74. The van der Waals surface area contributed by atoms with Gasteiger partial charge in [0, 0.05) is 38.3 Å². The van der Waals surface area contributed by atoms with Crippen LogP contribution in [0.25, 0.3) is 11.4 Å². The third kappa shape index (κ3) is 3.91. The molecule has 0 fully saturated rings. The van der Waals surface area contributed by atoms with E-state index in [1.807, 2.05) is 37.3 Å². The molecule has 2 heterocycles. The molecule has 0 saturated heterocycles. The second-order valence-corrected chi connectivity index (χ2v) is 6.43. The van der Waals surface area contributed by atoms with Crippen LogP contribution in [0, 0.1) is 5.82 Å². The van der Waals surface area contributed by atoms with Crippen molar-refractivity contribution in [3.63, 3.8) is 0 Å². The fraction of sp³-hybridized carbons (Fsp3) is 0.389. The summed E-state index contributed by atoms with van der Waals surface area (Å²) in [7, 11) is 1.90. The lowest BCUT2D eigenvalue weighted by atomic mass is 9.98. The Morgan fingerprint density at radius 2 is 2.27 bits per heavy atom. The van der Waals surface area contributed by atoms with E-state index in [-0.39, 0.29) is 29.4 Å². The highest BCUT2D eigenvalue weighted by Gasteiger charge is 2.19. The lowest BCUT2D eigenvalue weighted by Gasteiger charge is -2.14. The van der Waals surface area contributed by atoms with Crippen molar-refractivity contribution in [2.24, 2.45) is 10.8 Å². The molecule has 1 aliphatic rings. The van der Waals surface area contributed by atoms with E-state index in [4.69, 9.17) is 5.73 Å². The molecular formula is C18H23FN6O. The summed E-state index contributed by atoms with van der Waals surface area (Å²) in [5.41, 5.74) is 7.30. The number of aromatic hydroxyl groups is 1. The molecular weight excluding hydrogens is 335 g/mol. The summed E-state index contributed by atoms with van der Waals surface area (Å²) >= 11 is 0. The first-order valence-electron chi connectivity index (χ1n) is 8.58. The molecule has 1 aliphatic heterocycles. The molecule has 8 heteroatoms. The molecule has 3 rings (SSSR count). The van der Waals surface area contributed by atoms with Gasteiger partial charge < -0.3 is 16.2 Å². The minimum atomic E-state index is -0.558. The maximum absolute atomic E-state index is 14.0. The molecule has 4 N–H and O–H groups in total. The van der Waals surface area contributed by atoms with E-state index in [0.29, 0.717) is 12.1 Å². The summed E-state index contributed by atoms with van der Waals surface area (Å²) in [4.78, 5) is 8.27. The first-order chi connectivity index (χ1) is 12.5. The van der Waals surface area contributed by atoms with Gasteiger partial charge in [-0.05, 0) is 24.1 Å². The van der Waals surface area contributed by atoms with Gasteiger partial charge in [-0.15, -0.1) is 0 Å². The molecule has 0 aliphatic carbocycles. The predicted octanol–water partition coefficient (Wildman–Crippen LogP) is 2.15. The van der Waals surface area contributed by atoms with E-state index in [0.717, 1.165) is 24.7 Å². The van der Waals surface area contributed by atoms with Gasteiger partial charge >= 0.3 is 0 Å². The van der Waals surface area contributed by atoms with Gasteiger partial charge in [0.2, 0.25) is 0 Å². The Morgan fingerprint density at radius 1 is 1.46 bits per heavy atom. The molecule has 0 radical (unpaired) electrons. The van der Waals surface area contributed by atoms with Gasteiger partial charge in [-0.25, -0.2) is 14.4 Å². The number of rotatable bonds is 6. The van der Waals surface area contributed by atoms with Crippen LogP contribution in [-0.4, -0.2) is 52.5 Å². The number of phenolic OH excluding ortho intramolecular Hbond substituents is 1. The van der Waals surface area contributed by atoms with Gasteiger partial charge in [-0.3, -0.25) is 5.01 Å². The van der Waals surface area contributed by atoms with Crippen molar-refractivity contribution < 1.29 is 9.50 Å². The number of anilines is 1. The zero-order valence-electron chi connectivity index (χ0n) is 14.9. The SMILES string of the molecule is CC[C@@H](N)CNc1nc(-c2cc(C3C=NN(C)C3)ccc2O)ncc1F. The molecule has 0 spiro atoms. The number of aromatic nitrogens is 2. The van der Waals surface area contributed by atoms with Crippen LogP contribution in [-0.2, 0) is 0 Å². The lowest BCUT2D eigenvalue weighted by molar-refractivity contribution is 0.381. The average molecular weight is 358 g/mol. The minimum Gasteiger partial charge on any atom is -0.507 e. The maximum Gasteiger partial charge on any atom is 0.183 e. The quantitative estimate of drug-likeness (QED) is 0.732. The lowest BCUT2D eigenvalue weighted by Crippen LogP contribution is -2.28. The first-order valence-corrected chi connectivity index (χ1v) is 8.58. The number of nitrogens with two attached hydrogens (primary N) is 1. The summed E-state index contributed by atoms with van der Waals surface area (Å²) in [6, 6.07) is 5.17. The largest absolute Gasteiger partial charge is 0.507 e. The van der Waals surface area contributed by atoms with Crippen LogP contribution >= 0.6 is 0 Å². The number of likely N-dealkylation sites (N-methyl/N-ethyl adjacent to an activating group) is 1. The Bertz CT molecular complexity index is 812. The number of benzene rings is 1. The topological polar surface area (TPSA) is 99.7 Å². The molecule has 0 saturated carbocycles. The van der Waals surface area contributed by atoms with Crippen LogP contribution in [0.2, 0.25) is 0 Å². The summed E-state index contributed by atoms with van der Waals surface area (Å²) in [5.74, 6) is -0.0653. The number of hydrogen-bond donors (Lipinski definition) is 3. The molecule has 0 bridgehead atoms. The molecule has 1 unspecified atom stereocenters. The second-order valence-electron chi connectivity index (χ2n) is 6.43. The van der Waals surface area contributed by atoms with Crippen LogP contribution in [0.1, 0.15) is 24.8 Å².